The molecule has 0 aliphatic heterocycles. The van der Waals surface area contributed by atoms with Crippen LogP contribution in [-0.4, -0.2) is 19.5 Å². The van der Waals surface area contributed by atoms with E-state index < -0.39 is 0 Å². The number of aryl methyl sites for hydroxylation is 3. The lowest BCUT2D eigenvalue weighted by Crippen LogP contribution is -2.07. The monoisotopic (exact) mass is 406 g/mol. The number of halogens is 1. The Balaban J connectivity index is 1.44. The van der Waals surface area contributed by atoms with Crippen LogP contribution in [0.4, 0.5) is 16.0 Å². The number of pyridine rings is 1. The van der Waals surface area contributed by atoms with Crippen LogP contribution in [0, 0.1) is 18.7 Å². The molecule has 0 fully saturated rings. The molecule has 4 rings (SSSR count). The maximum atomic E-state index is 14.6. The van der Waals surface area contributed by atoms with Crippen molar-refractivity contribution in [2.75, 3.05) is 11.5 Å². The molecule has 156 valence electrons. The topological polar surface area (TPSA) is 95.6 Å². The van der Waals surface area contributed by atoms with Crippen molar-refractivity contribution < 1.29 is 4.39 Å². The summed E-state index contributed by atoms with van der Waals surface area (Å²) in [4.78, 5) is 12.8. The number of nitrogens with two attached hydrogens (primary N) is 2. The van der Waals surface area contributed by atoms with Crippen molar-refractivity contribution in [3.05, 3.63) is 53.7 Å². The van der Waals surface area contributed by atoms with Gasteiger partial charge in [0, 0.05) is 18.1 Å². The summed E-state index contributed by atoms with van der Waals surface area (Å²) in [6, 6.07) is 7.32. The Morgan fingerprint density at radius 2 is 1.90 bits per heavy atom. The number of hydrogen-bond acceptors (Lipinski definition) is 5. The highest BCUT2D eigenvalue weighted by molar-refractivity contribution is 5.86. The number of anilines is 2. The van der Waals surface area contributed by atoms with Gasteiger partial charge in [-0.25, -0.2) is 19.3 Å². The van der Waals surface area contributed by atoms with Gasteiger partial charge in [-0.1, -0.05) is 13.3 Å². The molecule has 1 aromatic carbocycles. The van der Waals surface area contributed by atoms with Gasteiger partial charge in [-0.05, 0) is 67.5 Å². The van der Waals surface area contributed by atoms with E-state index >= 15 is 0 Å². The van der Waals surface area contributed by atoms with E-state index in [1.54, 1.807) is 12.1 Å². The molecule has 1 atom stereocenters. The fraction of sp³-hybridized carbons (Fsp3) is 0.348. The summed E-state index contributed by atoms with van der Waals surface area (Å²) < 4.78 is 16.7. The summed E-state index contributed by atoms with van der Waals surface area (Å²) in [5.41, 5.74) is 15.1. The van der Waals surface area contributed by atoms with E-state index in [2.05, 4.69) is 26.4 Å². The SMILES string of the molecule is CCC(CCc1cc(F)c2cc(C)c(N)nc2c1)CCn1ccc2c(N)ncnc21. The summed E-state index contributed by atoms with van der Waals surface area (Å²) >= 11 is 0. The first-order valence-corrected chi connectivity index (χ1v) is 10.4. The number of nitrogens with zero attached hydrogens (tertiary/aromatic N) is 4. The molecule has 0 bridgehead atoms. The van der Waals surface area contributed by atoms with E-state index in [1.807, 2.05) is 25.3 Å². The lowest BCUT2D eigenvalue weighted by molar-refractivity contribution is 0.409. The van der Waals surface area contributed by atoms with Crippen LogP contribution in [0.2, 0.25) is 0 Å². The Hall–Kier alpha value is -3.22. The number of benzene rings is 1. The van der Waals surface area contributed by atoms with Crippen molar-refractivity contribution >= 4 is 33.6 Å². The van der Waals surface area contributed by atoms with Gasteiger partial charge in [0.1, 0.15) is 29.4 Å². The zero-order chi connectivity index (χ0) is 21.3. The molecular weight excluding hydrogens is 379 g/mol. The second-order valence-electron chi connectivity index (χ2n) is 7.94. The predicted molar refractivity (Wildman–Crippen MR) is 120 cm³/mol. The van der Waals surface area contributed by atoms with E-state index in [0.717, 1.165) is 54.4 Å². The molecule has 1 unspecified atom stereocenters. The molecule has 0 amide bonds. The van der Waals surface area contributed by atoms with Crippen LogP contribution in [0.1, 0.15) is 37.3 Å². The van der Waals surface area contributed by atoms with Crippen molar-refractivity contribution in [1.82, 2.24) is 19.5 Å². The van der Waals surface area contributed by atoms with Crippen molar-refractivity contribution in [2.45, 2.75) is 46.1 Å². The molecule has 0 aliphatic carbocycles. The van der Waals surface area contributed by atoms with Gasteiger partial charge < -0.3 is 16.0 Å². The summed E-state index contributed by atoms with van der Waals surface area (Å²) in [7, 11) is 0. The van der Waals surface area contributed by atoms with Crippen molar-refractivity contribution in [3.8, 4) is 0 Å². The Labute approximate surface area is 175 Å². The highest BCUT2D eigenvalue weighted by Gasteiger charge is 2.12. The number of nitrogen functional groups attached to an aromatic ring is 2. The quantitative estimate of drug-likeness (QED) is 0.466. The molecule has 0 saturated heterocycles. The van der Waals surface area contributed by atoms with Gasteiger partial charge in [-0.3, -0.25) is 0 Å². The molecule has 3 heterocycles. The van der Waals surface area contributed by atoms with Crippen molar-refractivity contribution in [1.29, 1.82) is 0 Å². The van der Waals surface area contributed by atoms with Gasteiger partial charge in [-0.2, -0.15) is 0 Å². The molecule has 4 aromatic rings. The van der Waals surface area contributed by atoms with Crippen LogP contribution in [0.5, 0.6) is 0 Å². The average molecular weight is 407 g/mol. The summed E-state index contributed by atoms with van der Waals surface area (Å²) in [5.74, 6) is 1.25. The first-order valence-electron chi connectivity index (χ1n) is 10.4. The molecule has 0 spiro atoms. The van der Waals surface area contributed by atoms with E-state index in [1.165, 1.54) is 6.33 Å². The standard InChI is InChI=1S/C23H27FN6/c1-3-15(6-8-30-9-7-17-22(26)27-13-28-23(17)30)4-5-16-11-19(24)18-10-14(2)21(25)29-20(18)12-16/h7,9-13,15H,3-6,8H2,1-2H3,(H2,25,29)(H2,26,27,28). The lowest BCUT2D eigenvalue weighted by atomic mass is 9.93. The van der Waals surface area contributed by atoms with Crippen LogP contribution in [0.15, 0.2) is 36.8 Å². The molecule has 4 N–H and O–H groups in total. The molecule has 30 heavy (non-hydrogen) atoms. The fourth-order valence-electron chi connectivity index (χ4n) is 3.99. The zero-order valence-corrected chi connectivity index (χ0v) is 17.4. The first kappa shape index (κ1) is 20.1. The van der Waals surface area contributed by atoms with Gasteiger partial charge in [0.2, 0.25) is 0 Å². The number of rotatable bonds is 7. The molecule has 0 saturated carbocycles. The largest absolute Gasteiger partial charge is 0.383 e. The maximum absolute atomic E-state index is 14.6. The van der Waals surface area contributed by atoms with Crippen LogP contribution < -0.4 is 11.5 Å². The minimum atomic E-state index is -0.234. The van der Waals surface area contributed by atoms with Gasteiger partial charge in [0.25, 0.3) is 0 Å². The van der Waals surface area contributed by atoms with E-state index in [-0.39, 0.29) is 5.82 Å². The van der Waals surface area contributed by atoms with Gasteiger partial charge in [0.05, 0.1) is 10.9 Å². The molecule has 3 aromatic heterocycles. The van der Waals surface area contributed by atoms with Gasteiger partial charge >= 0.3 is 0 Å². The minimum Gasteiger partial charge on any atom is -0.383 e. The third-order valence-electron chi connectivity index (χ3n) is 5.96. The number of fused-ring (bicyclic) bond motifs is 2. The zero-order valence-electron chi connectivity index (χ0n) is 17.4. The average Bonchev–Trinajstić information content (AvgIpc) is 3.14. The number of aromatic nitrogens is 4. The summed E-state index contributed by atoms with van der Waals surface area (Å²) in [6.45, 7) is 4.90. The molecule has 0 radical (unpaired) electrons. The maximum Gasteiger partial charge on any atom is 0.145 e. The highest BCUT2D eigenvalue weighted by Crippen LogP contribution is 2.25. The Bertz CT molecular complexity index is 1200. The van der Waals surface area contributed by atoms with Crippen molar-refractivity contribution in [2.24, 2.45) is 5.92 Å². The summed E-state index contributed by atoms with van der Waals surface area (Å²) in [5, 5.41) is 1.41. The first-order chi connectivity index (χ1) is 14.5. The van der Waals surface area contributed by atoms with E-state index in [4.69, 9.17) is 11.5 Å². The van der Waals surface area contributed by atoms with Crippen LogP contribution in [-0.2, 0) is 13.0 Å². The third-order valence-corrected chi connectivity index (χ3v) is 5.96. The van der Waals surface area contributed by atoms with Crippen molar-refractivity contribution in [3.63, 3.8) is 0 Å². The molecule has 6 nitrogen and oxygen atoms in total. The minimum absolute atomic E-state index is 0.234. The Kier molecular flexibility index (Phi) is 5.53. The van der Waals surface area contributed by atoms with Gasteiger partial charge in [0.15, 0.2) is 0 Å². The predicted octanol–water partition coefficient (Wildman–Crippen LogP) is 4.64. The highest BCUT2D eigenvalue weighted by atomic mass is 19.1. The van der Waals surface area contributed by atoms with Gasteiger partial charge in [-0.15, -0.1) is 0 Å². The van der Waals surface area contributed by atoms with E-state index in [9.17, 15) is 4.39 Å². The fourth-order valence-corrected chi connectivity index (χ4v) is 3.99. The second-order valence-corrected chi connectivity index (χ2v) is 7.94. The van der Waals surface area contributed by atoms with Crippen LogP contribution in [0.25, 0.3) is 21.9 Å². The molecular formula is C23H27FN6. The molecule has 7 heteroatoms. The second kappa shape index (κ2) is 8.26. The number of hydrogen-bond donors (Lipinski definition) is 2. The van der Waals surface area contributed by atoms with Crippen LogP contribution >= 0.6 is 0 Å². The van der Waals surface area contributed by atoms with E-state index in [0.29, 0.717) is 28.5 Å². The van der Waals surface area contributed by atoms with Crippen LogP contribution in [0.3, 0.4) is 0 Å². The Morgan fingerprint density at radius 1 is 1.07 bits per heavy atom. The Morgan fingerprint density at radius 3 is 2.70 bits per heavy atom. The summed E-state index contributed by atoms with van der Waals surface area (Å²) in [6.07, 6.45) is 7.39. The smallest absolute Gasteiger partial charge is 0.145 e. The molecule has 0 aliphatic rings. The third kappa shape index (κ3) is 3.92. The lowest BCUT2D eigenvalue weighted by Gasteiger charge is -2.16. The normalized spacial score (nSPS) is 12.6.